The monoisotopic (exact) mass is 104 g/mol. The standard InChI is InChI=1S/C3H9N.C2H5O/c1-4(2)3;1-2-3/h1-3H3;3H,1-2H2. The number of nitrogens with zero attached hydrogens (tertiary/aromatic N) is 1. The number of hydrogen-bond acceptors (Lipinski definition) is 2. The molecule has 0 bridgehead atoms. The lowest BCUT2D eigenvalue weighted by Gasteiger charge is -1.90. The lowest BCUT2D eigenvalue weighted by atomic mass is 10.9. The second-order valence-electron chi connectivity index (χ2n) is 1.57. The molecule has 0 aliphatic carbocycles. The molecule has 0 unspecified atom stereocenters. The van der Waals surface area contributed by atoms with Crippen molar-refractivity contribution < 1.29 is 5.11 Å². The first kappa shape index (κ1) is 10.0. The largest absolute Gasteiger partial charge is 0.396 e. The highest BCUT2D eigenvalue weighted by Gasteiger charge is 1.58. The minimum absolute atomic E-state index is 0. The van der Waals surface area contributed by atoms with Crippen LogP contribution in [0.15, 0.2) is 0 Å². The Morgan fingerprint density at radius 3 is 1.43 bits per heavy atom. The highest BCUT2D eigenvalue weighted by atomic mass is 16.2. The molecule has 0 aromatic carbocycles. The van der Waals surface area contributed by atoms with E-state index in [1.54, 1.807) is 0 Å². The third kappa shape index (κ3) is 14200. The van der Waals surface area contributed by atoms with Gasteiger partial charge in [0, 0.05) is 6.61 Å². The predicted molar refractivity (Wildman–Crippen MR) is 32.1 cm³/mol. The second kappa shape index (κ2) is 9.33. The molecule has 7 heavy (non-hydrogen) atoms. The highest BCUT2D eigenvalue weighted by molar-refractivity contribution is 4.15. The van der Waals surface area contributed by atoms with Crippen molar-refractivity contribution >= 4 is 0 Å². The van der Waals surface area contributed by atoms with Crippen LogP contribution in [0.2, 0.25) is 0 Å². The molecule has 0 aromatic rings. The van der Waals surface area contributed by atoms with Crippen LogP contribution in [-0.4, -0.2) is 37.8 Å². The van der Waals surface area contributed by atoms with E-state index >= 15 is 0 Å². The zero-order valence-electron chi connectivity index (χ0n) is 5.31. The summed E-state index contributed by atoms with van der Waals surface area (Å²) in [4.78, 5) is 2.00. The van der Waals surface area contributed by atoms with Gasteiger partial charge in [0.25, 0.3) is 0 Å². The van der Waals surface area contributed by atoms with Gasteiger partial charge in [-0.1, -0.05) is 0 Å². The topological polar surface area (TPSA) is 23.5 Å². The average molecular weight is 104 g/mol. The summed E-state index contributed by atoms with van der Waals surface area (Å²) < 4.78 is 0. The van der Waals surface area contributed by atoms with Gasteiger partial charge in [0.1, 0.15) is 0 Å². The van der Waals surface area contributed by atoms with Crippen molar-refractivity contribution in [3.8, 4) is 0 Å². The van der Waals surface area contributed by atoms with E-state index in [-0.39, 0.29) is 6.61 Å². The molecule has 2 heteroatoms. The number of aliphatic hydroxyl groups excluding tert-OH is 1. The van der Waals surface area contributed by atoms with E-state index in [2.05, 4.69) is 6.92 Å². The molecule has 0 rings (SSSR count). The molecule has 1 N–H and O–H groups in total. The highest BCUT2D eigenvalue weighted by Crippen LogP contribution is 1.47. The van der Waals surface area contributed by atoms with Crippen LogP contribution in [0.3, 0.4) is 0 Å². The summed E-state index contributed by atoms with van der Waals surface area (Å²) >= 11 is 0. The van der Waals surface area contributed by atoms with Gasteiger partial charge in [-0.25, -0.2) is 0 Å². The molecule has 1 radical (unpaired) electrons. The van der Waals surface area contributed by atoms with E-state index in [0.29, 0.717) is 0 Å². The Balaban J connectivity index is 0. The molecule has 0 saturated carbocycles. The third-order valence-corrected chi connectivity index (χ3v) is 0. The quantitative estimate of drug-likeness (QED) is 0.467. The first-order valence-electron chi connectivity index (χ1n) is 2.16. The van der Waals surface area contributed by atoms with Gasteiger partial charge in [0.2, 0.25) is 0 Å². The lowest BCUT2D eigenvalue weighted by molar-refractivity contribution is 0.341. The van der Waals surface area contributed by atoms with Gasteiger partial charge in [0.05, 0.1) is 0 Å². The summed E-state index contributed by atoms with van der Waals surface area (Å²) in [6.07, 6.45) is 0. The maximum absolute atomic E-state index is 7.46. The van der Waals surface area contributed by atoms with Gasteiger partial charge < -0.3 is 10.0 Å². The number of hydrogen-bond donors (Lipinski definition) is 1. The lowest BCUT2D eigenvalue weighted by Crippen LogP contribution is -1.99. The Morgan fingerprint density at radius 2 is 1.43 bits per heavy atom. The minimum Gasteiger partial charge on any atom is -0.396 e. The fourth-order valence-corrected chi connectivity index (χ4v) is 0. The van der Waals surface area contributed by atoms with Crippen molar-refractivity contribution in [1.82, 2.24) is 4.90 Å². The Hall–Kier alpha value is -0.0800. The molecule has 0 aliphatic rings. The van der Waals surface area contributed by atoms with Gasteiger partial charge in [-0.15, -0.1) is 0 Å². The van der Waals surface area contributed by atoms with Crippen LogP contribution in [0.5, 0.6) is 0 Å². The summed E-state index contributed by atoms with van der Waals surface area (Å²) in [6.45, 7) is 3.04. The molecule has 0 fully saturated rings. The fourth-order valence-electron chi connectivity index (χ4n) is 0. The second-order valence-corrected chi connectivity index (χ2v) is 1.57. The molecule has 0 atom stereocenters. The van der Waals surface area contributed by atoms with Gasteiger partial charge in [-0.3, -0.25) is 0 Å². The summed E-state index contributed by atoms with van der Waals surface area (Å²) in [7, 11) is 6.00. The van der Waals surface area contributed by atoms with Crippen LogP contribution in [0.4, 0.5) is 0 Å². The van der Waals surface area contributed by atoms with Crippen molar-refractivity contribution in [2.75, 3.05) is 27.7 Å². The van der Waals surface area contributed by atoms with E-state index < -0.39 is 0 Å². The molecular formula is C5H14NO. The van der Waals surface area contributed by atoms with E-state index in [1.807, 2.05) is 26.0 Å². The first-order valence-corrected chi connectivity index (χ1v) is 2.16. The summed E-state index contributed by atoms with van der Waals surface area (Å²) in [6, 6.07) is 0. The maximum Gasteiger partial charge on any atom is 0.0431 e. The predicted octanol–water partition coefficient (Wildman–Crippen LogP) is -0.00941. The van der Waals surface area contributed by atoms with Crippen LogP contribution in [-0.2, 0) is 0 Å². The van der Waals surface area contributed by atoms with E-state index in [9.17, 15) is 0 Å². The molecular weight excluding hydrogens is 90.1 g/mol. The SMILES string of the molecule is CN(C)C.[CH2]CO. The van der Waals surface area contributed by atoms with Crippen LogP contribution in [0, 0.1) is 6.92 Å². The van der Waals surface area contributed by atoms with E-state index in [4.69, 9.17) is 5.11 Å². The minimum atomic E-state index is 0. The van der Waals surface area contributed by atoms with Crippen molar-refractivity contribution in [3.05, 3.63) is 6.92 Å². The van der Waals surface area contributed by atoms with Crippen LogP contribution >= 0.6 is 0 Å². The Kier molecular flexibility index (Phi) is 13.3. The van der Waals surface area contributed by atoms with Crippen LogP contribution in [0.1, 0.15) is 0 Å². The number of rotatable bonds is 0. The third-order valence-electron chi connectivity index (χ3n) is 0. The summed E-state index contributed by atoms with van der Waals surface area (Å²) in [5.41, 5.74) is 0. The molecule has 0 saturated heterocycles. The first-order chi connectivity index (χ1) is 3.15. The maximum atomic E-state index is 7.46. The molecule has 0 amide bonds. The van der Waals surface area contributed by atoms with E-state index in [1.165, 1.54) is 0 Å². The molecule has 0 heterocycles. The van der Waals surface area contributed by atoms with Crippen LogP contribution in [0.25, 0.3) is 0 Å². The zero-order chi connectivity index (χ0) is 6.28. The Bertz CT molecular complexity index is 19.3. The zero-order valence-corrected chi connectivity index (χ0v) is 5.31. The molecule has 0 spiro atoms. The average Bonchev–Trinajstić information content (AvgIpc) is 1.33. The van der Waals surface area contributed by atoms with Crippen LogP contribution < -0.4 is 0 Å². The normalized spacial score (nSPS) is 7.71. The molecule has 45 valence electrons. The molecule has 0 aliphatic heterocycles. The van der Waals surface area contributed by atoms with Crippen molar-refractivity contribution in [1.29, 1.82) is 0 Å². The number of aliphatic hydroxyl groups is 1. The van der Waals surface area contributed by atoms with Gasteiger partial charge in [-0.2, -0.15) is 0 Å². The fraction of sp³-hybridized carbons (Fsp3) is 0.800. The van der Waals surface area contributed by atoms with Gasteiger partial charge in [0.15, 0.2) is 0 Å². The molecule has 2 nitrogen and oxygen atoms in total. The Labute approximate surface area is 45.8 Å². The van der Waals surface area contributed by atoms with Gasteiger partial charge >= 0.3 is 0 Å². The summed E-state index contributed by atoms with van der Waals surface area (Å²) in [5.74, 6) is 0. The molecule has 0 aromatic heterocycles. The Morgan fingerprint density at radius 1 is 1.43 bits per heavy atom. The van der Waals surface area contributed by atoms with Crippen molar-refractivity contribution in [3.63, 3.8) is 0 Å². The van der Waals surface area contributed by atoms with Gasteiger partial charge in [-0.05, 0) is 28.1 Å². The van der Waals surface area contributed by atoms with Crippen molar-refractivity contribution in [2.24, 2.45) is 0 Å². The van der Waals surface area contributed by atoms with E-state index in [0.717, 1.165) is 0 Å². The summed E-state index contributed by atoms with van der Waals surface area (Å²) in [5, 5.41) is 7.46. The smallest absolute Gasteiger partial charge is 0.0431 e. The van der Waals surface area contributed by atoms with Crippen molar-refractivity contribution in [2.45, 2.75) is 0 Å².